The van der Waals surface area contributed by atoms with E-state index in [1.807, 2.05) is 6.07 Å². The molecule has 1 unspecified atom stereocenters. The molecule has 1 N–H and O–H groups in total. The lowest BCUT2D eigenvalue weighted by Crippen LogP contribution is -2.48. The lowest BCUT2D eigenvalue weighted by atomic mass is 10.1. The van der Waals surface area contributed by atoms with E-state index in [1.165, 1.54) is 6.07 Å². The molecule has 12 heteroatoms. The molecule has 3 aliphatic rings. The molecular formula is C29H30F3N5O4. The van der Waals surface area contributed by atoms with Gasteiger partial charge in [-0.3, -0.25) is 10.2 Å². The number of carbonyl (C=O) groups is 1. The number of halogens is 3. The Balaban J connectivity index is 1.17. The highest BCUT2D eigenvalue weighted by Gasteiger charge is 2.40. The predicted molar refractivity (Wildman–Crippen MR) is 146 cm³/mol. The maximum absolute atomic E-state index is 13.6. The largest absolute Gasteiger partial charge is 0.475 e. The number of rotatable bonds is 7. The SMILES string of the molecule is O=C(Nc1cccc(OCCOC2CCCCO2)n1)N1c2nc(-c3cccc(C(F)(F)F)c3)ccc2N2CC[C@H]1C2. The van der Waals surface area contributed by atoms with Crippen LogP contribution in [0.2, 0.25) is 0 Å². The molecule has 2 saturated heterocycles. The van der Waals surface area contributed by atoms with Crippen molar-refractivity contribution in [2.24, 2.45) is 0 Å². The third-order valence-corrected chi connectivity index (χ3v) is 7.39. The Morgan fingerprint density at radius 3 is 2.76 bits per heavy atom. The summed E-state index contributed by atoms with van der Waals surface area (Å²) in [7, 11) is 0. The maximum Gasteiger partial charge on any atom is 0.416 e. The molecule has 2 amide bonds. The average molecular weight is 570 g/mol. The molecular weight excluding hydrogens is 539 g/mol. The number of nitrogens with one attached hydrogen (secondary N) is 1. The van der Waals surface area contributed by atoms with E-state index in [0.717, 1.165) is 50.0 Å². The summed E-state index contributed by atoms with van der Waals surface area (Å²) in [5, 5.41) is 2.84. The highest BCUT2D eigenvalue weighted by atomic mass is 19.4. The van der Waals surface area contributed by atoms with Gasteiger partial charge in [-0.15, -0.1) is 0 Å². The molecule has 0 spiro atoms. The Hall–Kier alpha value is -3.90. The van der Waals surface area contributed by atoms with E-state index in [4.69, 9.17) is 14.2 Å². The highest BCUT2D eigenvalue weighted by molar-refractivity contribution is 6.04. The monoisotopic (exact) mass is 569 g/mol. The normalized spacial score (nSPS) is 20.1. The second kappa shape index (κ2) is 11.5. The highest BCUT2D eigenvalue weighted by Crippen LogP contribution is 2.41. The van der Waals surface area contributed by atoms with Crippen molar-refractivity contribution in [1.29, 1.82) is 0 Å². The number of anilines is 3. The molecule has 5 heterocycles. The Bertz CT molecular complexity index is 1400. The van der Waals surface area contributed by atoms with Gasteiger partial charge in [-0.2, -0.15) is 18.2 Å². The molecule has 2 bridgehead atoms. The average Bonchev–Trinajstić information content (AvgIpc) is 3.39. The molecule has 9 nitrogen and oxygen atoms in total. The van der Waals surface area contributed by atoms with Gasteiger partial charge in [0.2, 0.25) is 5.88 Å². The number of ether oxygens (including phenoxy) is 3. The van der Waals surface area contributed by atoms with Gasteiger partial charge in [-0.25, -0.2) is 9.78 Å². The van der Waals surface area contributed by atoms with E-state index in [-0.39, 0.29) is 18.9 Å². The van der Waals surface area contributed by atoms with Crippen molar-refractivity contribution in [3.63, 3.8) is 0 Å². The van der Waals surface area contributed by atoms with Crippen molar-refractivity contribution in [2.45, 2.75) is 44.2 Å². The fraction of sp³-hybridized carbons (Fsp3) is 0.414. The van der Waals surface area contributed by atoms with Gasteiger partial charge < -0.3 is 19.1 Å². The van der Waals surface area contributed by atoms with E-state index in [2.05, 4.69) is 20.2 Å². The van der Waals surface area contributed by atoms with Crippen molar-refractivity contribution in [3.05, 3.63) is 60.2 Å². The third-order valence-electron chi connectivity index (χ3n) is 7.39. The number of carbonyl (C=O) groups excluding carboxylic acids is 1. The summed E-state index contributed by atoms with van der Waals surface area (Å²) in [4.78, 5) is 26.4. The minimum Gasteiger partial charge on any atom is -0.475 e. The van der Waals surface area contributed by atoms with Crippen molar-refractivity contribution < 1.29 is 32.2 Å². The van der Waals surface area contributed by atoms with Gasteiger partial charge in [-0.1, -0.05) is 18.2 Å². The Morgan fingerprint density at radius 2 is 1.93 bits per heavy atom. The predicted octanol–water partition coefficient (Wildman–Crippen LogP) is 5.72. The number of alkyl halides is 3. The summed E-state index contributed by atoms with van der Waals surface area (Å²) >= 11 is 0. The first kappa shape index (κ1) is 27.3. The van der Waals surface area contributed by atoms with Crippen LogP contribution in [0, 0.1) is 0 Å². The number of amides is 2. The fourth-order valence-corrected chi connectivity index (χ4v) is 5.39. The second-order valence-electron chi connectivity index (χ2n) is 10.2. The van der Waals surface area contributed by atoms with Gasteiger partial charge in [0.05, 0.1) is 29.6 Å². The number of pyridine rings is 2. The van der Waals surface area contributed by atoms with Crippen molar-refractivity contribution in [2.75, 3.05) is 48.0 Å². The first-order chi connectivity index (χ1) is 19.8. The maximum atomic E-state index is 13.6. The number of aromatic nitrogens is 2. The fourth-order valence-electron chi connectivity index (χ4n) is 5.39. The summed E-state index contributed by atoms with van der Waals surface area (Å²) in [6.07, 6.45) is -0.931. The number of hydrogen-bond acceptors (Lipinski definition) is 7. The van der Waals surface area contributed by atoms with Crippen LogP contribution in [0.5, 0.6) is 5.88 Å². The van der Waals surface area contributed by atoms with Crippen LogP contribution in [-0.4, -0.2) is 61.2 Å². The molecule has 6 rings (SSSR count). The van der Waals surface area contributed by atoms with Crippen molar-refractivity contribution in [3.8, 4) is 17.1 Å². The Morgan fingerprint density at radius 1 is 1.05 bits per heavy atom. The molecule has 2 aromatic heterocycles. The second-order valence-corrected chi connectivity index (χ2v) is 10.2. The number of fused-ring (bicyclic) bond motifs is 4. The smallest absolute Gasteiger partial charge is 0.416 e. The summed E-state index contributed by atoms with van der Waals surface area (Å²) in [6.45, 7) is 2.74. The zero-order valence-corrected chi connectivity index (χ0v) is 22.3. The summed E-state index contributed by atoms with van der Waals surface area (Å²) in [5.74, 6) is 1.05. The molecule has 41 heavy (non-hydrogen) atoms. The zero-order chi connectivity index (χ0) is 28.4. The zero-order valence-electron chi connectivity index (χ0n) is 22.3. The Labute approximate surface area is 235 Å². The minimum atomic E-state index is -4.47. The van der Waals surface area contributed by atoms with Crippen LogP contribution in [0.3, 0.4) is 0 Å². The molecule has 3 aromatic rings. The molecule has 2 fully saturated rings. The van der Waals surface area contributed by atoms with E-state index < -0.39 is 17.8 Å². The van der Waals surface area contributed by atoms with Crippen molar-refractivity contribution in [1.82, 2.24) is 9.97 Å². The van der Waals surface area contributed by atoms with Crippen molar-refractivity contribution >= 4 is 23.4 Å². The topological polar surface area (TPSA) is 89.0 Å². The lowest BCUT2D eigenvalue weighted by Gasteiger charge is -2.35. The van der Waals surface area contributed by atoms with Crippen LogP contribution in [0.1, 0.15) is 31.2 Å². The summed E-state index contributed by atoms with van der Waals surface area (Å²) < 4.78 is 56.9. The number of hydrogen-bond donors (Lipinski definition) is 1. The molecule has 0 radical (unpaired) electrons. The van der Waals surface area contributed by atoms with Gasteiger partial charge >= 0.3 is 12.2 Å². The number of nitrogens with zero attached hydrogens (tertiary/aromatic N) is 4. The Kier molecular flexibility index (Phi) is 7.67. The van der Waals surface area contributed by atoms with E-state index in [0.29, 0.717) is 48.5 Å². The van der Waals surface area contributed by atoms with Crippen LogP contribution in [-0.2, 0) is 15.7 Å². The van der Waals surface area contributed by atoms with Gasteiger partial charge in [0.25, 0.3) is 0 Å². The molecule has 0 aliphatic carbocycles. The van der Waals surface area contributed by atoms with Crippen LogP contribution < -0.4 is 19.9 Å². The first-order valence-electron chi connectivity index (χ1n) is 13.7. The summed E-state index contributed by atoms with van der Waals surface area (Å²) in [5.41, 5.74) is 0.678. The number of urea groups is 1. The molecule has 1 aromatic carbocycles. The van der Waals surface area contributed by atoms with Gasteiger partial charge in [0.15, 0.2) is 12.1 Å². The first-order valence-corrected chi connectivity index (χ1v) is 13.7. The molecule has 216 valence electrons. The van der Waals surface area contributed by atoms with E-state index in [1.54, 1.807) is 35.2 Å². The third kappa shape index (κ3) is 6.08. The molecule has 2 atom stereocenters. The molecule has 0 saturated carbocycles. The van der Waals surface area contributed by atoms with Crippen LogP contribution in [0.25, 0.3) is 11.3 Å². The molecule has 3 aliphatic heterocycles. The standard InChI is InChI=1S/C29H30F3N5O4/c30-29(31,32)20-6-3-5-19(17-20)22-10-11-23-27(33-22)37(21-12-13-36(23)18-21)28(38)35-24-7-4-8-25(34-24)39-15-16-41-26-9-1-2-14-40-26/h3-8,10-11,17,21,26H,1-2,9,12-16,18H2,(H,34,35,38)/t21-,26?/m0/s1. The summed E-state index contributed by atoms with van der Waals surface area (Å²) in [6, 6.07) is 13.1. The van der Waals surface area contributed by atoms with Gasteiger partial charge in [-0.05, 0) is 56.0 Å². The quantitative estimate of drug-likeness (QED) is 0.365. The van der Waals surface area contributed by atoms with E-state index in [9.17, 15) is 18.0 Å². The van der Waals surface area contributed by atoms with Crippen LogP contribution in [0.4, 0.5) is 35.3 Å². The number of benzene rings is 1. The lowest BCUT2D eigenvalue weighted by molar-refractivity contribution is -0.165. The van der Waals surface area contributed by atoms with E-state index >= 15 is 0 Å². The van der Waals surface area contributed by atoms with Crippen LogP contribution in [0.15, 0.2) is 54.6 Å². The minimum absolute atomic E-state index is 0.134. The van der Waals surface area contributed by atoms with Gasteiger partial charge in [0.1, 0.15) is 12.4 Å². The van der Waals surface area contributed by atoms with Crippen LogP contribution >= 0.6 is 0 Å². The van der Waals surface area contributed by atoms with Gasteiger partial charge in [0, 0.05) is 31.3 Å².